The summed E-state index contributed by atoms with van der Waals surface area (Å²) in [6.45, 7) is 4.60. The molecule has 16 heavy (non-hydrogen) atoms. The Bertz CT molecular complexity index is 406. The third-order valence-corrected chi connectivity index (χ3v) is 3.40. The van der Waals surface area contributed by atoms with E-state index in [9.17, 15) is 0 Å². The number of hydrogen-bond acceptors (Lipinski definition) is 3. The van der Waals surface area contributed by atoms with Crippen molar-refractivity contribution in [2.24, 2.45) is 4.99 Å². The highest BCUT2D eigenvalue weighted by molar-refractivity contribution is 14.1. The highest BCUT2D eigenvalue weighted by Gasteiger charge is 2.32. The molecule has 2 rings (SSSR count). The molecule has 1 aromatic rings. The number of alkyl halides is 1. The number of benzene rings is 1. The van der Waals surface area contributed by atoms with Gasteiger partial charge in [-0.25, -0.2) is 0 Å². The van der Waals surface area contributed by atoms with Crippen molar-refractivity contribution in [3.8, 4) is 0 Å². The molecular weight excluding hydrogens is 317 g/mol. The first-order valence-electron chi connectivity index (χ1n) is 5.29. The van der Waals surface area contributed by atoms with Gasteiger partial charge in [0.2, 0.25) is 0 Å². The van der Waals surface area contributed by atoms with Crippen LogP contribution in [0.2, 0.25) is 0 Å². The normalized spacial score (nSPS) is 23.8. The van der Waals surface area contributed by atoms with Crippen LogP contribution in [-0.2, 0) is 9.47 Å². The Labute approximate surface area is 109 Å². The molecule has 0 N–H and O–H groups in total. The second-order valence-corrected chi connectivity index (χ2v) is 4.87. The Kier molecular flexibility index (Phi) is 3.68. The van der Waals surface area contributed by atoms with Crippen LogP contribution in [0.1, 0.15) is 24.2 Å². The highest BCUT2D eigenvalue weighted by atomic mass is 127. The molecule has 86 valence electrons. The summed E-state index contributed by atoms with van der Waals surface area (Å²) in [7, 11) is 0. The molecule has 1 aromatic carbocycles. The maximum absolute atomic E-state index is 5.70. The van der Waals surface area contributed by atoms with Crippen molar-refractivity contribution in [3.63, 3.8) is 0 Å². The third-order valence-electron chi connectivity index (χ3n) is 2.47. The van der Waals surface area contributed by atoms with E-state index < -0.39 is 0 Å². The van der Waals surface area contributed by atoms with Crippen LogP contribution in [0, 0.1) is 6.92 Å². The van der Waals surface area contributed by atoms with Crippen molar-refractivity contribution in [1.82, 2.24) is 0 Å². The van der Waals surface area contributed by atoms with Crippen LogP contribution >= 0.6 is 22.6 Å². The smallest absolute Gasteiger partial charge is 0.385 e. The van der Waals surface area contributed by atoms with Gasteiger partial charge in [-0.15, -0.1) is 0 Å². The molecule has 3 nitrogen and oxygen atoms in total. The minimum atomic E-state index is -0.0247. The lowest BCUT2D eigenvalue weighted by Crippen LogP contribution is -2.11. The predicted molar refractivity (Wildman–Crippen MR) is 71.9 cm³/mol. The third kappa shape index (κ3) is 2.31. The summed E-state index contributed by atoms with van der Waals surface area (Å²) >= 11 is 2.28. The Morgan fingerprint density at radius 2 is 2.19 bits per heavy atom. The number of ether oxygens (including phenoxy) is 2. The second kappa shape index (κ2) is 5.03. The highest BCUT2D eigenvalue weighted by Crippen LogP contribution is 2.34. The van der Waals surface area contributed by atoms with Gasteiger partial charge < -0.3 is 9.47 Å². The molecule has 4 heteroatoms. The molecule has 1 heterocycles. The van der Waals surface area contributed by atoms with Crippen LogP contribution in [0.15, 0.2) is 29.3 Å². The van der Waals surface area contributed by atoms with Crippen LogP contribution in [-0.4, -0.2) is 16.7 Å². The summed E-state index contributed by atoms with van der Waals surface area (Å²) in [5.74, 6) is 0. The zero-order valence-corrected chi connectivity index (χ0v) is 11.5. The summed E-state index contributed by atoms with van der Waals surface area (Å²) in [6.07, 6.45) is 0.388. The first kappa shape index (κ1) is 11.7. The molecule has 0 spiro atoms. The number of halogens is 1. The van der Waals surface area contributed by atoms with E-state index in [0.717, 1.165) is 0 Å². The van der Waals surface area contributed by atoms with E-state index in [4.69, 9.17) is 9.47 Å². The van der Waals surface area contributed by atoms with Crippen LogP contribution in [0.3, 0.4) is 0 Å². The van der Waals surface area contributed by atoms with Crippen molar-refractivity contribution in [2.75, 3.05) is 6.61 Å². The Balaban J connectivity index is 2.17. The topological polar surface area (TPSA) is 30.8 Å². The number of aliphatic imine (C=N–C) groups is 1. The molecule has 1 aliphatic heterocycles. The fourth-order valence-corrected chi connectivity index (χ4v) is 2.44. The van der Waals surface area contributed by atoms with Crippen molar-refractivity contribution in [2.45, 2.75) is 24.0 Å². The lowest BCUT2D eigenvalue weighted by Gasteiger charge is -2.15. The van der Waals surface area contributed by atoms with Gasteiger partial charge in [0.05, 0.1) is 6.61 Å². The summed E-state index contributed by atoms with van der Waals surface area (Å²) in [6, 6.07) is 8.21. The molecule has 0 amide bonds. The van der Waals surface area contributed by atoms with E-state index >= 15 is 0 Å². The fourth-order valence-electron chi connectivity index (χ4n) is 1.68. The number of rotatable bonds is 2. The lowest BCUT2D eigenvalue weighted by molar-refractivity contribution is 0.142. The fraction of sp³-hybridized carbons (Fsp3) is 0.417. The molecule has 0 saturated heterocycles. The average Bonchev–Trinajstić information content (AvgIpc) is 2.61. The minimum Gasteiger partial charge on any atom is -0.451 e. The molecular formula is C12H14INO2. The van der Waals surface area contributed by atoms with Gasteiger partial charge in [0.15, 0.2) is 6.10 Å². The summed E-state index contributed by atoms with van der Waals surface area (Å²) in [5.41, 5.74) is 2.41. The quantitative estimate of drug-likeness (QED) is 0.473. The van der Waals surface area contributed by atoms with Crippen molar-refractivity contribution < 1.29 is 9.47 Å². The Hall–Kier alpha value is -0.780. The number of hydrogen-bond donors (Lipinski definition) is 0. The molecule has 0 radical (unpaired) electrons. The molecule has 0 saturated carbocycles. The van der Waals surface area contributed by atoms with Crippen molar-refractivity contribution in [3.05, 3.63) is 35.4 Å². The average molecular weight is 331 g/mol. The molecule has 0 fully saturated rings. The van der Waals surface area contributed by atoms with Crippen molar-refractivity contribution in [1.29, 1.82) is 0 Å². The van der Waals surface area contributed by atoms with Gasteiger partial charge in [-0.3, -0.25) is 0 Å². The van der Waals surface area contributed by atoms with E-state index in [1.54, 1.807) is 0 Å². The van der Waals surface area contributed by atoms with E-state index in [1.807, 2.05) is 19.1 Å². The first-order valence-corrected chi connectivity index (χ1v) is 6.53. The lowest BCUT2D eigenvalue weighted by atomic mass is 10.0. The first-order chi connectivity index (χ1) is 7.72. The molecule has 0 bridgehead atoms. The maximum atomic E-state index is 5.70. The zero-order chi connectivity index (χ0) is 11.5. The van der Waals surface area contributed by atoms with E-state index in [2.05, 4.69) is 46.6 Å². The van der Waals surface area contributed by atoms with Gasteiger partial charge in [-0.1, -0.05) is 46.9 Å². The van der Waals surface area contributed by atoms with Crippen LogP contribution in [0.5, 0.6) is 0 Å². The monoisotopic (exact) mass is 331 g/mol. The van der Waals surface area contributed by atoms with Gasteiger partial charge >= 0.3 is 6.08 Å². The molecule has 0 aliphatic carbocycles. The molecule has 2 atom stereocenters. The largest absolute Gasteiger partial charge is 0.451 e. The van der Waals surface area contributed by atoms with E-state index in [0.29, 0.717) is 12.7 Å². The van der Waals surface area contributed by atoms with Crippen LogP contribution < -0.4 is 0 Å². The van der Waals surface area contributed by atoms with Gasteiger partial charge in [0.25, 0.3) is 0 Å². The molecule has 2 unspecified atom stereocenters. The summed E-state index contributed by atoms with van der Waals surface area (Å²) < 4.78 is 11.1. The summed E-state index contributed by atoms with van der Waals surface area (Å²) in [4.78, 5) is 4.34. The van der Waals surface area contributed by atoms with Gasteiger partial charge in [0.1, 0.15) is 4.05 Å². The number of aryl methyl sites for hydroxylation is 1. The zero-order valence-electron chi connectivity index (χ0n) is 9.31. The van der Waals surface area contributed by atoms with E-state index in [-0.39, 0.29) is 10.2 Å². The Morgan fingerprint density at radius 1 is 1.44 bits per heavy atom. The SMILES string of the molecule is CCOC1=NC(I)C(c2ccccc2C)O1. The molecule has 1 aliphatic rings. The van der Waals surface area contributed by atoms with Crippen molar-refractivity contribution >= 4 is 28.7 Å². The standard InChI is InChI=1S/C12H14INO2/c1-3-15-12-14-11(13)10(16-12)9-7-5-4-6-8(9)2/h4-7,10-11H,3H2,1-2H3. The maximum Gasteiger partial charge on any atom is 0.385 e. The minimum absolute atomic E-state index is 0.0247. The number of nitrogens with zero attached hydrogens (tertiary/aromatic N) is 1. The van der Waals surface area contributed by atoms with Gasteiger partial charge in [-0.05, 0) is 25.0 Å². The Morgan fingerprint density at radius 3 is 2.88 bits per heavy atom. The molecule has 0 aromatic heterocycles. The van der Waals surface area contributed by atoms with Gasteiger partial charge in [-0.2, -0.15) is 4.99 Å². The summed E-state index contributed by atoms with van der Waals surface area (Å²) in [5, 5.41) is 0. The predicted octanol–water partition coefficient (Wildman–Crippen LogP) is 3.22. The van der Waals surface area contributed by atoms with Crippen LogP contribution in [0.25, 0.3) is 0 Å². The van der Waals surface area contributed by atoms with Gasteiger partial charge in [0, 0.05) is 0 Å². The van der Waals surface area contributed by atoms with Crippen LogP contribution in [0.4, 0.5) is 0 Å². The second-order valence-electron chi connectivity index (χ2n) is 3.60. The van der Waals surface area contributed by atoms with E-state index in [1.165, 1.54) is 11.1 Å².